The summed E-state index contributed by atoms with van der Waals surface area (Å²) < 4.78 is 32.8. The van der Waals surface area contributed by atoms with Crippen molar-refractivity contribution in [3.05, 3.63) is 54.7 Å². The van der Waals surface area contributed by atoms with Gasteiger partial charge in [0.25, 0.3) is 0 Å². The third-order valence-corrected chi connectivity index (χ3v) is 8.87. The summed E-state index contributed by atoms with van der Waals surface area (Å²) >= 11 is 0. The molecule has 0 radical (unpaired) electrons. The molecular formula is C27H34FN5OS. The van der Waals surface area contributed by atoms with E-state index in [-0.39, 0.29) is 5.69 Å². The predicted octanol–water partition coefficient (Wildman–Crippen LogP) is 5.72. The zero-order chi connectivity index (χ0) is 24.3. The van der Waals surface area contributed by atoms with Gasteiger partial charge in [-0.3, -0.25) is 9.67 Å². The number of nitrogens with one attached hydrogen (secondary N) is 2. The molecule has 1 aliphatic heterocycles. The maximum atomic E-state index is 15.7. The number of halogens is 1. The van der Waals surface area contributed by atoms with Crippen molar-refractivity contribution in [3.8, 4) is 22.4 Å². The van der Waals surface area contributed by atoms with Crippen molar-refractivity contribution in [1.82, 2.24) is 20.1 Å². The van der Waals surface area contributed by atoms with Gasteiger partial charge in [0, 0.05) is 41.0 Å². The molecule has 2 aromatic heterocycles. The molecular weight excluding hydrogens is 461 g/mol. The van der Waals surface area contributed by atoms with Crippen LogP contribution in [0, 0.1) is 11.2 Å². The van der Waals surface area contributed by atoms with Gasteiger partial charge in [-0.15, -0.1) is 0 Å². The van der Waals surface area contributed by atoms with Crippen molar-refractivity contribution in [2.75, 3.05) is 23.6 Å². The number of hydrogen-bond donors (Lipinski definition) is 2. The van der Waals surface area contributed by atoms with Crippen LogP contribution in [0.4, 0.5) is 10.1 Å². The Hall–Kier alpha value is -2.58. The number of hydrogen-bond acceptors (Lipinski definition) is 4. The predicted molar refractivity (Wildman–Crippen MR) is 140 cm³/mol. The number of rotatable bonds is 7. The first kappa shape index (κ1) is 24.1. The van der Waals surface area contributed by atoms with Crippen LogP contribution in [0.5, 0.6) is 0 Å². The molecule has 8 heteroatoms. The minimum absolute atomic E-state index is 0.258. The summed E-state index contributed by atoms with van der Waals surface area (Å²) in [6.07, 6.45) is 13.4. The SMILES string of the molecule is CCCS(=O)Nc1cccc(-c2cn(C3CCC4(CCNCC4)CC3)nc2-c2ccncc2)c1F. The first-order chi connectivity index (χ1) is 17.1. The summed E-state index contributed by atoms with van der Waals surface area (Å²) in [7, 11) is -1.32. The van der Waals surface area contributed by atoms with Crippen LogP contribution in [0.15, 0.2) is 48.9 Å². The lowest BCUT2D eigenvalue weighted by molar-refractivity contribution is 0.104. The maximum Gasteiger partial charge on any atom is 0.155 e. The molecule has 0 amide bonds. The maximum absolute atomic E-state index is 15.7. The second kappa shape index (κ2) is 10.6. The molecule has 1 aliphatic carbocycles. The van der Waals surface area contributed by atoms with E-state index in [0.717, 1.165) is 49.2 Å². The van der Waals surface area contributed by atoms with E-state index in [2.05, 4.69) is 19.7 Å². The summed E-state index contributed by atoms with van der Waals surface area (Å²) in [6.45, 7) is 4.20. The van der Waals surface area contributed by atoms with Crippen LogP contribution in [-0.2, 0) is 11.0 Å². The fourth-order valence-corrected chi connectivity index (χ4v) is 6.49. The molecule has 3 aromatic rings. The van der Waals surface area contributed by atoms with Crippen LogP contribution >= 0.6 is 0 Å². The van der Waals surface area contributed by atoms with E-state index in [1.807, 2.05) is 25.3 Å². The number of pyridine rings is 1. The normalized spacial score (nSPS) is 19.0. The Morgan fingerprint density at radius 3 is 2.57 bits per heavy atom. The highest BCUT2D eigenvalue weighted by Crippen LogP contribution is 2.47. The quantitative estimate of drug-likeness (QED) is 0.440. The van der Waals surface area contributed by atoms with E-state index in [0.29, 0.717) is 22.8 Å². The molecule has 2 N–H and O–H groups in total. The molecule has 1 spiro atoms. The van der Waals surface area contributed by atoms with Gasteiger partial charge >= 0.3 is 0 Å². The van der Waals surface area contributed by atoms with Gasteiger partial charge < -0.3 is 10.0 Å². The molecule has 186 valence electrons. The summed E-state index contributed by atoms with van der Waals surface area (Å²) in [5, 5.41) is 8.50. The van der Waals surface area contributed by atoms with Gasteiger partial charge in [-0.2, -0.15) is 5.10 Å². The lowest BCUT2D eigenvalue weighted by Gasteiger charge is -2.43. The lowest BCUT2D eigenvalue weighted by Crippen LogP contribution is -2.39. The number of benzene rings is 1. The Balaban J connectivity index is 1.48. The van der Waals surface area contributed by atoms with Crippen LogP contribution in [0.1, 0.15) is 57.9 Å². The van der Waals surface area contributed by atoms with Crippen LogP contribution in [0.25, 0.3) is 22.4 Å². The highest BCUT2D eigenvalue weighted by atomic mass is 32.2. The van der Waals surface area contributed by atoms with Gasteiger partial charge in [-0.25, -0.2) is 8.60 Å². The van der Waals surface area contributed by atoms with Gasteiger partial charge in [-0.05, 0) is 81.6 Å². The van der Waals surface area contributed by atoms with Crippen molar-refractivity contribution < 1.29 is 8.60 Å². The zero-order valence-corrected chi connectivity index (χ0v) is 21.1. The molecule has 2 aliphatic rings. The van der Waals surface area contributed by atoms with Crippen molar-refractivity contribution in [2.45, 2.75) is 57.9 Å². The molecule has 6 nitrogen and oxygen atoms in total. The van der Waals surface area contributed by atoms with Crippen LogP contribution in [0.2, 0.25) is 0 Å². The summed E-state index contributed by atoms with van der Waals surface area (Å²) in [5.74, 6) is 0.0763. The molecule has 1 aromatic carbocycles. The fraction of sp³-hybridized carbons (Fsp3) is 0.481. The monoisotopic (exact) mass is 495 g/mol. The highest BCUT2D eigenvalue weighted by molar-refractivity contribution is 7.86. The Kier molecular flexibility index (Phi) is 7.29. The fourth-order valence-electron chi connectivity index (χ4n) is 5.61. The number of aromatic nitrogens is 3. The average molecular weight is 496 g/mol. The summed E-state index contributed by atoms with van der Waals surface area (Å²) in [6, 6.07) is 9.36. The Morgan fingerprint density at radius 1 is 1.11 bits per heavy atom. The molecule has 2 fully saturated rings. The smallest absolute Gasteiger partial charge is 0.155 e. The van der Waals surface area contributed by atoms with E-state index in [9.17, 15) is 4.21 Å². The minimum atomic E-state index is -1.32. The van der Waals surface area contributed by atoms with Gasteiger partial charge in [0.05, 0.1) is 11.7 Å². The minimum Gasteiger partial charge on any atom is -0.317 e. The molecule has 0 bridgehead atoms. The molecule has 35 heavy (non-hydrogen) atoms. The molecule has 3 heterocycles. The van der Waals surface area contributed by atoms with E-state index in [1.54, 1.807) is 30.6 Å². The first-order valence-corrected chi connectivity index (χ1v) is 14.0. The standard InChI is InChI=1S/C27H34FN5OS/c1-2-18-35(34)32-24-5-3-4-22(25(24)28)23-19-33(31-26(23)20-8-14-29-15-9-20)21-6-10-27(11-7-21)12-16-30-17-13-27/h3-5,8-9,14-15,19,21,30,32H,2,6-7,10-13,16-18H2,1H3. The number of piperidine rings is 1. The Bertz CT molecular complexity index is 1170. The largest absolute Gasteiger partial charge is 0.317 e. The van der Waals surface area contributed by atoms with Crippen molar-refractivity contribution in [2.24, 2.45) is 5.41 Å². The van der Waals surface area contributed by atoms with Crippen molar-refractivity contribution in [3.63, 3.8) is 0 Å². The topological polar surface area (TPSA) is 71.8 Å². The average Bonchev–Trinajstić information content (AvgIpc) is 3.32. The van der Waals surface area contributed by atoms with Crippen LogP contribution in [0.3, 0.4) is 0 Å². The molecule has 1 saturated heterocycles. The molecule has 1 unspecified atom stereocenters. The highest BCUT2D eigenvalue weighted by Gasteiger charge is 2.37. The second-order valence-electron chi connectivity index (χ2n) is 9.91. The van der Waals surface area contributed by atoms with Crippen LogP contribution < -0.4 is 10.0 Å². The first-order valence-electron chi connectivity index (χ1n) is 12.7. The Labute approximate surface area is 209 Å². The number of anilines is 1. The molecule has 5 rings (SSSR count). The number of nitrogens with zero attached hydrogens (tertiary/aromatic N) is 3. The van der Waals surface area contributed by atoms with Crippen LogP contribution in [-0.4, -0.2) is 37.8 Å². The van der Waals surface area contributed by atoms with Gasteiger partial charge in [-0.1, -0.05) is 19.1 Å². The molecule has 1 saturated carbocycles. The zero-order valence-electron chi connectivity index (χ0n) is 20.3. The Morgan fingerprint density at radius 2 is 1.86 bits per heavy atom. The van der Waals surface area contributed by atoms with E-state index >= 15 is 4.39 Å². The van der Waals surface area contributed by atoms with E-state index in [4.69, 9.17) is 5.10 Å². The third-order valence-electron chi connectivity index (χ3n) is 7.64. The van der Waals surface area contributed by atoms with Gasteiger partial charge in [0.2, 0.25) is 0 Å². The van der Waals surface area contributed by atoms with Crippen molar-refractivity contribution >= 4 is 16.7 Å². The van der Waals surface area contributed by atoms with Gasteiger partial charge in [0.1, 0.15) is 16.7 Å². The second-order valence-corrected chi connectivity index (χ2v) is 11.2. The van der Waals surface area contributed by atoms with E-state index < -0.39 is 16.8 Å². The van der Waals surface area contributed by atoms with Gasteiger partial charge in [0.15, 0.2) is 5.82 Å². The van der Waals surface area contributed by atoms with Crippen molar-refractivity contribution in [1.29, 1.82) is 0 Å². The molecule has 1 atom stereocenters. The third kappa shape index (κ3) is 5.19. The van der Waals surface area contributed by atoms with E-state index in [1.165, 1.54) is 25.7 Å². The summed E-state index contributed by atoms with van der Waals surface area (Å²) in [4.78, 5) is 4.14. The lowest BCUT2D eigenvalue weighted by atomic mass is 9.67. The summed E-state index contributed by atoms with van der Waals surface area (Å²) in [5.41, 5.74) is 3.61.